The van der Waals surface area contributed by atoms with Crippen molar-refractivity contribution in [2.75, 3.05) is 11.4 Å². The maximum atomic E-state index is 11.4. The van der Waals surface area contributed by atoms with Crippen LogP contribution in [0.4, 0.5) is 5.69 Å². The highest BCUT2D eigenvalue weighted by atomic mass is 16.3. The van der Waals surface area contributed by atoms with Gasteiger partial charge in [-0.25, -0.2) is 0 Å². The van der Waals surface area contributed by atoms with Gasteiger partial charge in [0, 0.05) is 18.7 Å². The lowest BCUT2D eigenvalue weighted by atomic mass is 10.1. The van der Waals surface area contributed by atoms with Crippen molar-refractivity contribution in [3.05, 3.63) is 29.8 Å². The molecule has 1 aliphatic rings. The van der Waals surface area contributed by atoms with Crippen molar-refractivity contribution in [3.8, 4) is 0 Å². The molecule has 0 fully saturated rings. The normalized spacial score (nSPS) is 20.1. The molecule has 0 aliphatic carbocycles. The van der Waals surface area contributed by atoms with E-state index in [0.717, 1.165) is 11.3 Å². The highest BCUT2D eigenvalue weighted by Crippen LogP contribution is 2.31. The molecule has 2 rings (SSSR count). The molecular formula is C13H18N2O2. The minimum absolute atomic E-state index is 0.325. The number of rotatable bonds is 4. The molecule has 1 aromatic rings. The molecule has 4 heteroatoms. The van der Waals surface area contributed by atoms with Crippen molar-refractivity contribution < 1.29 is 9.90 Å². The lowest BCUT2D eigenvalue weighted by molar-refractivity contribution is -0.119. The van der Waals surface area contributed by atoms with E-state index in [2.05, 4.69) is 0 Å². The van der Waals surface area contributed by atoms with Crippen LogP contribution in [-0.4, -0.2) is 29.7 Å². The third-order valence-electron chi connectivity index (χ3n) is 3.30. The Morgan fingerprint density at radius 3 is 2.94 bits per heavy atom. The molecule has 1 aromatic carbocycles. The Morgan fingerprint density at radius 1 is 1.59 bits per heavy atom. The van der Waals surface area contributed by atoms with E-state index in [1.165, 1.54) is 0 Å². The van der Waals surface area contributed by atoms with Crippen molar-refractivity contribution in [3.63, 3.8) is 0 Å². The number of aliphatic hydroxyl groups is 1. The van der Waals surface area contributed by atoms with Crippen molar-refractivity contribution >= 4 is 11.6 Å². The number of primary amides is 1. The average Bonchev–Trinajstić information content (AvgIpc) is 2.68. The van der Waals surface area contributed by atoms with Gasteiger partial charge in [0.2, 0.25) is 5.91 Å². The maximum absolute atomic E-state index is 11.4. The molecule has 0 bridgehead atoms. The molecule has 0 saturated carbocycles. The van der Waals surface area contributed by atoms with Crippen LogP contribution in [0.1, 0.15) is 18.9 Å². The largest absolute Gasteiger partial charge is 0.391 e. The first kappa shape index (κ1) is 11.9. The molecule has 0 aromatic heterocycles. The Morgan fingerprint density at radius 2 is 2.29 bits per heavy atom. The van der Waals surface area contributed by atoms with Crippen LogP contribution < -0.4 is 10.6 Å². The highest BCUT2D eigenvalue weighted by Gasteiger charge is 2.33. The third-order valence-corrected chi connectivity index (χ3v) is 3.30. The Kier molecular flexibility index (Phi) is 3.33. The molecule has 0 radical (unpaired) electrons. The topological polar surface area (TPSA) is 66.6 Å². The molecule has 92 valence electrons. The number of amides is 1. The second kappa shape index (κ2) is 4.75. The maximum Gasteiger partial charge on any atom is 0.240 e. The molecule has 3 N–H and O–H groups in total. The van der Waals surface area contributed by atoms with Crippen molar-refractivity contribution in [2.24, 2.45) is 5.73 Å². The number of fused-ring (bicyclic) bond motifs is 1. The molecule has 17 heavy (non-hydrogen) atoms. The summed E-state index contributed by atoms with van der Waals surface area (Å²) in [5, 5.41) is 9.75. The van der Waals surface area contributed by atoms with E-state index in [0.29, 0.717) is 19.4 Å². The summed E-state index contributed by atoms with van der Waals surface area (Å²) < 4.78 is 0. The van der Waals surface area contributed by atoms with Gasteiger partial charge in [0.1, 0.15) is 6.04 Å². The summed E-state index contributed by atoms with van der Waals surface area (Å²) in [6.07, 6.45) is 0.884. The monoisotopic (exact) mass is 234 g/mol. The number of β-amino-alcohol motifs (C(OH)–C–C–N with tert-alkyl or cyclic N) is 1. The average molecular weight is 234 g/mol. The molecular weight excluding hydrogens is 216 g/mol. The second-order valence-corrected chi connectivity index (χ2v) is 4.47. The summed E-state index contributed by atoms with van der Waals surface area (Å²) in [6, 6.07) is 7.54. The number of aliphatic hydroxyl groups excluding tert-OH is 1. The van der Waals surface area contributed by atoms with Crippen LogP contribution in [0.5, 0.6) is 0 Å². The zero-order chi connectivity index (χ0) is 12.4. The molecule has 0 unspecified atom stereocenters. The number of para-hydroxylation sites is 1. The summed E-state index contributed by atoms with van der Waals surface area (Å²) >= 11 is 0. The fraction of sp³-hybridized carbons (Fsp3) is 0.462. The number of hydrogen-bond donors (Lipinski definition) is 2. The molecule has 1 aliphatic heterocycles. The van der Waals surface area contributed by atoms with E-state index >= 15 is 0 Å². The van der Waals surface area contributed by atoms with Crippen LogP contribution in [-0.2, 0) is 11.2 Å². The Labute approximate surface area is 101 Å². The van der Waals surface area contributed by atoms with Gasteiger partial charge in [0.05, 0.1) is 6.10 Å². The Balaban J connectivity index is 2.27. The number of carbonyl (C=O) groups is 1. The van der Waals surface area contributed by atoms with Gasteiger partial charge in [0.25, 0.3) is 0 Å². The van der Waals surface area contributed by atoms with Gasteiger partial charge in [-0.2, -0.15) is 0 Å². The second-order valence-electron chi connectivity index (χ2n) is 4.47. The van der Waals surface area contributed by atoms with Crippen molar-refractivity contribution in [1.29, 1.82) is 0 Å². The number of nitrogens with zero attached hydrogens (tertiary/aromatic N) is 1. The van der Waals surface area contributed by atoms with Gasteiger partial charge in [0.15, 0.2) is 0 Å². The van der Waals surface area contributed by atoms with Crippen LogP contribution in [0.25, 0.3) is 0 Å². The van der Waals surface area contributed by atoms with E-state index in [-0.39, 0.29) is 11.9 Å². The minimum atomic E-state index is -0.428. The molecule has 2 atom stereocenters. The van der Waals surface area contributed by atoms with E-state index in [4.69, 9.17) is 5.73 Å². The van der Waals surface area contributed by atoms with Gasteiger partial charge < -0.3 is 15.7 Å². The minimum Gasteiger partial charge on any atom is -0.391 e. The van der Waals surface area contributed by atoms with Gasteiger partial charge in [-0.1, -0.05) is 25.1 Å². The summed E-state index contributed by atoms with van der Waals surface area (Å²) in [5.41, 5.74) is 7.56. The van der Waals surface area contributed by atoms with Crippen LogP contribution in [0.3, 0.4) is 0 Å². The summed E-state index contributed by atoms with van der Waals surface area (Å²) in [6.45, 7) is 2.38. The SMILES string of the molecule is CC[C@@H](O)CN1c2ccccc2C[C@H]1C(N)=O. The van der Waals surface area contributed by atoms with E-state index < -0.39 is 6.10 Å². The van der Waals surface area contributed by atoms with Crippen LogP contribution in [0.2, 0.25) is 0 Å². The smallest absolute Gasteiger partial charge is 0.240 e. The van der Waals surface area contributed by atoms with Crippen LogP contribution >= 0.6 is 0 Å². The molecule has 0 saturated heterocycles. The zero-order valence-electron chi connectivity index (χ0n) is 9.97. The number of anilines is 1. The molecule has 1 amide bonds. The Hall–Kier alpha value is -1.55. The lowest BCUT2D eigenvalue weighted by Crippen LogP contribution is -2.45. The Bertz CT molecular complexity index is 420. The van der Waals surface area contributed by atoms with Gasteiger partial charge in [-0.15, -0.1) is 0 Å². The number of carbonyl (C=O) groups excluding carboxylic acids is 1. The first-order chi connectivity index (χ1) is 8.13. The molecule has 4 nitrogen and oxygen atoms in total. The number of nitrogens with two attached hydrogens (primary N) is 1. The van der Waals surface area contributed by atoms with Gasteiger partial charge in [-0.05, 0) is 18.1 Å². The zero-order valence-corrected chi connectivity index (χ0v) is 9.97. The fourth-order valence-electron chi connectivity index (χ4n) is 2.29. The first-order valence-electron chi connectivity index (χ1n) is 5.95. The van der Waals surface area contributed by atoms with E-state index in [9.17, 15) is 9.90 Å². The molecule has 0 spiro atoms. The van der Waals surface area contributed by atoms with Crippen molar-refractivity contribution in [2.45, 2.75) is 31.9 Å². The predicted molar refractivity (Wildman–Crippen MR) is 66.8 cm³/mol. The summed E-state index contributed by atoms with van der Waals surface area (Å²) in [5.74, 6) is -0.329. The lowest BCUT2D eigenvalue weighted by Gasteiger charge is -2.27. The number of hydrogen-bond acceptors (Lipinski definition) is 3. The first-order valence-corrected chi connectivity index (χ1v) is 5.95. The fourth-order valence-corrected chi connectivity index (χ4v) is 2.29. The van der Waals surface area contributed by atoms with E-state index in [1.54, 1.807) is 0 Å². The standard InChI is InChI=1S/C13H18N2O2/c1-2-10(16)8-15-11-6-4-3-5-9(11)7-12(15)13(14)17/h3-6,10,12,16H,2,7-8H2,1H3,(H2,14,17)/t10-,12+/m1/s1. The summed E-state index contributed by atoms with van der Waals surface area (Å²) in [7, 11) is 0. The van der Waals surface area contributed by atoms with E-state index in [1.807, 2.05) is 36.1 Å². The quantitative estimate of drug-likeness (QED) is 0.805. The molecule has 1 heterocycles. The third kappa shape index (κ3) is 2.26. The summed E-state index contributed by atoms with van der Waals surface area (Å²) in [4.78, 5) is 13.4. The number of benzene rings is 1. The van der Waals surface area contributed by atoms with Crippen LogP contribution in [0.15, 0.2) is 24.3 Å². The van der Waals surface area contributed by atoms with Crippen LogP contribution in [0, 0.1) is 0 Å². The predicted octanol–water partition coefficient (Wildman–Crippen LogP) is 0.674. The highest BCUT2D eigenvalue weighted by molar-refractivity contribution is 5.86. The van der Waals surface area contributed by atoms with Gasteiger partial charge >= 0.3 is 0 Å². The van der Waals surface area contributed by atoms with Crippen molar-refractivity contribution in [1.82, 2.24) is 0 Å². The van der Waals surface area contributed by atoms with Gasteiger partial charge in [-0.3, -0.25) is 4.79 Å².